The molecular weight excluding hydrogens is 252 g/mol. The molecule has 0 N–H and O–H groups in total. The van der Waals surface area contributed by atoms with E-state index in [0.29, 0.717) is 0 Å². The van der Waals surface area contributed by atoms with E-state index in [9.17, 15) is 0 Å². The van der Waals surface area contributed by atoms with Crippen molar-refractivity contribution in [2.75, 3.05) is 43.2 Å². The maximum atomic E-state index is 2.90. The Morgan fingerprint density at radius 2 is 1.31 bits per heavy atom. The quantitative estimate of drug-likeness (QED) is 0.413. The molecule has 0 spiro atoms. The number of hydrogen-bond acceptors (Lipinski definition) is 2. The van der Waals surface area contributed by atoms with Gasteiger partial charge in [0, 0.05) is 6.54 Å². The van der Waals surface area contributed by atoms with Gasteiger partial charge in [0.2, 0.25) is 0 Å². The largest absolute Gasteiger partial charge is 0.260 e. The smallest absolute Gasteiger partial charge is 0.00695 e. The lowest BCUT2D eigenvalue weighted by atomic mass is 10.5. The average Bonchev–Trinajstić information content (AvgIpc) is 2.31. The van der Waals surface area contributed by atoms with Crippen molar-refractivity contribution in [2.45, 2.75) is 34.1 Å². The van der Waals surface area contributed by atoms with Crippen molar-refractivity contribution in [3.05, 3.63) is 0 Å². The van der Waals surface area contributed by atoms with Gasteiger partial charge in [-0.3, -0.25) is 4.44 Å². The van der Waals surface area contributed by atoms with E-state index in [-0.39, 0.29) is 16.1 Å². The molecule has 0 aromatic carbocycles. The van der Waals surface area contributed by atoms with Gasteiger partial charge in [-0.25, -0.2) is 0 Å². The van der Waals surface area contributed by atoms with Gasteiger partial charge in [-0.15, -0.1) is 0 Å². The second kappa shape index (κ2) is 11.3. The van der Waals surface area contributed by atoms with Crippen LogP contribution >= 0.6 is 27.9 Å². The van der Waals surface area contributed by atoms with Gasteiger partial charge in [-0.05, 0) is 59.2 Å². The zero-order valence-corrected chi connectivity index (χ0v) is 14.3. The van der Waals surface area contributed by atoms with Crippen molar-refractivity contribution in [1.29, 1.82) is 0 Å². The summed E-state index contributed by atoms with van der Waals surface area (Å²) in [4.78, 5) is 0. The summed E-state index contributed by atoms with van der Waals surface area (Å²) in [5.41, 5.74) is 0. The lowest BCUT2D eigenvalue weighted by molar-refractivity contribution is 0.675. The third-order valence-corrected chi connectivity index (χ3v) is 9.66. The normalized spacial score (nSPS) is 12.0. The summed E-state index contributed by atoms with van der Waals surface area (Å²) in [5.74, 6) is 1.32. The second-order valence-corrected chi connectivity index (χ2v) is 10.5. The molecule has 0 unspecified atom stereocenters. The molecule has 98 valence electrons. The molecule has 1 nitrogen and oxygen atoms in total. The van der Waals surface area contributed by atoms with Gasteiger partial charge in [0.25, 0.3) is 0 Å². The van der Waals surface area contributed by atoms with E-state index in [4.69, 9.17) is 0 Å². The summed E-state index contributed by atoms with van der Waals surface area (Å²) < 4.78 is 2.90. The molecule has 0 amide bonds. The van der Waals surface area contributed by atoms with E-state index >= 15 is 0 Å². The number of nitrogens with zero attached hydrogens (tertiary/aromatic N) is 1. The lowest BCUT2D eigenvalue weighted by Gasteiger charge is -2.36. The minimum atomic E-state index is 0.166. The highest BCUT2D eigenvalue weighted by Crippen LogP contribution is 2.55. The summed E-state index contributed by atoms with van der Waals surface area (Å²) in [7, 11) is 0.331. The molecule has 0 heterocycles. The Morgan fingerprint density at radius 1 is 0.875 bits per heavy atom. The molecule has 0 rings (SSSR count). The first-order valence-electron chi connectivity index (χ1n) is 6.51. The van der Waals surface area contributed by atoms with E-state index in [1.807, 2.05) is 11.8 Å². The Kier molecular flexibility index (Phi) is 12.1. The van der Waals surface area contributed by atoms with Crippen molar-refractivity contribution in [3.8, 4) is 0 Å². The highest BCUT2D eigenvalue weighted by molar-refractivity contribution is 7.98. The SMILES string of the molecule is CCP(CC)N(CCCSC)P(CC)CC. The van der Waals surface area contributed by atoms with E-state index in [0.717, 1.165) is 0 Å². The van der Waals surface area contributed by atoms with Crippen LogP contribution in [0.3, 0.4) is 0 Å². The highest BCUT2D eigenvalue weighted by Gasteiger charge is 2.20. The van der Waals surface area contributed by atoms with Crippen LogP contribution in [0.2, 0.25) is 0 Å². The van der Waals surface area contributed by atoms with Crippen molar-refractivity contribution >= 4 is 27.9 Å². The summed E-state index contributed by atoms with van der Waals surface area (Å²) in [6, 6.07) is 0. The second-order valence-electron chi connectivity index (χ2n) is 3.72. The number of thioether (sulfide) groups is 1. The Hall–Kier alpha value is 1.17. The maximum Gasteiger partial charge on any atom is 0.00695 e. The van der Waals surface area contributed by atoms with Crippen molar-refractivity contribution < 1.29 is 0 Å². The molecule has 0 aliphatic rings. The zero-order chi connectivity index (χ0) is 12.4. The molecule has 16 heavy (non-hydrogen) atoms. The third kappa shape index (κ3) is 6.20. The fourth-order valence-electron chi connectivity index (χ4n) is 1.91. The Balaban J connectivity index is 4.34. The molecule has 0 aromatic heterocycles. The van der Waals surface area contributed by atoms with Crippen LogP contribution in [0.4, 0.5) is 0 Å². The molecule has 0 fully saturated rings. The van der Waals surface area contributed by atoms with E-state index in [1.165, 1.54) is 43.4 Å². The Labute approximate surface area is 110 Å². The molecule has 0 atom stereocenters. The molecular formula is C12H29NP2S. The Bertz CT molecular complexity index is 138. The van der Waals surface area contributed by atoms with Gasteiger partial charge < -0.3 is 0 Å². The topological polar surface area (TPSA) is 3.24 Å². The summed E-state index contributed by atoms with van der Waals surface area (Å²) >= 11 is 1.99. The third-order valence-electron chi connectivity index (χ3n) is 2.82. The molecule has 0 saturated carbocycles. The van der Waals surface area contributed by atoms with E-state index in [2.05, 4.69) is 38.4 Å². The molecule has 0 saturated heterocycles. The van der Waals surface area contributed by atoms with Gasteiger partial charge in [0.05, 0.1) is 0 Å². The molecule has 0 aromatic rings. The molecule has 0 aliphatic carbocycles. The minimum Gasteiger partial charge on any atom is -0.260 e. The first kappa shape index (κ1) is 17.2. The van der Waals surface area contributed by atoms with Crippen LogP contribution < -0.4 is 0 Å². The van der Waals surface area contributed by atoms with Gasteiger partial charge >= 0.3 is 0 Å². The lowest BCUT2D eigenvalue weighted by Crippen LogP contribution is -2.18. The molecule has 0 radical (unpaired) electrons. The van der Waals surface area contributed by atoms with Crippen molar-refractivity contribution in [1.82, 2.24) is 4.44 Å². The van der Waals surface area contributed by atoms with Crippen LogP contribution in [0.25, 0.3) is 0 Å². The van der Waals surface area contributed by atoms with Crippen LogP contribution in [-0.2, 0) is 0 Å². The standard InChI is InChI=1S/C12H29NP2S/c1-6-14(7-2)13(11-10-12-16-5)15(8-3)9-4/h6-12H2,1-5H3. The summed E-state index contributed by atoms with van der Waals surface area (Å²) in [6.45, 7) is 10.8. The van der Waals surface area contributed by atoms with Crippen LogP contribution in [0.15, 0.2) is 0 Å². The van der Waals surface area contributed by atoms with Crippen LogP contribution in [0, 0.1) is 0 Å². The van der Waals surface area contributed by atoms with Crippen molar-refractivity contribution in [3.63, 3.8) is 0 Å². The molecule has 0 bridgehead atoms. The van der Waals surface area contributed by atoms with Crippen LogP contribution in [0.1, 0.15) is 34.1 Å². The first-order chi connectivity index (χ1) is 7.74. The van der Waals surface area contributed by atoms with Gasteiger partial charge in [0.1, 0.15) is 0 Å². The highest BCUT2D eigenvalue weighted by atomic mass is 32.2. The van der Waals surface area contributed by atoms with E-state index < -0.39 is 0 Å². The van der Waals surface area contributed by atoms with Crippen LogP contribution in [0.5, 0.6) is 0 Å². The van der Waals surface area contributed by atoms with Gasteiger partial charge in [-0.2, -0.15) is 11.8 Å². The van der Waals surface area contributed by atoms with Crippen LogP contribution in [-0.4, -0.2) is 47.6 Å². The zero-order valence-electron chi connectivity index (χ0n) is 11.7. The summed E-state index contributed by atoms with van der Waals surface area (Å²) in [6.07, 6.45) is 9.11. The average molecular weight is 281 g/mol. The molecule has 0 aliphatic heterocycles. The van der Waals surface area contributed by atoms with Gasteiger partial charge in [-0.1, -0.05) is 27.7 Å². The van der Waals surface area contributed by atoms with Crippen molar-refractivity contribution in [2.24, 2.45) is 0 Å². The number of rotatable bonds is 10. The first-order valence-corrected chi connectivity index (χ1v) is 11.2. The Morgan fingerprint density at radius 3 is 1.62 bits per heavy atom. The predicted molar refractivity (Wildman–Crippen MR) is 85.7 cm³/mol. The fraction of sp³-hybridized carbons (Fsp3) is 1.00. The monoisotopic (exact) mass is 281 g/mol. The van der Waals surface area contributed by atoms with Gasteiger partial charge in [0.15, 0.2) is 0 Å². The maximum absolute atomic E-state index is 2.90. The van der Waals surface area contributed by atoms with E-state index in [1.54, 1.807) is 0 Å². The minimum absolute atomic E-state index is 0.166. The number of hydrogen-bond donors (Lipinski definition) is 0. The molecule has 4 heteroatoms. The fourth-order valence-corrected chi connectivity index (χ4v) is 8.33. The predicted octanol–water partition coefficient (Wildman–Crippen LogP) is 4.91. The summed E-state index contributed by atoms with van der Waals surface area (Å²) in [5, 5.41) is 0.